The largest absolute Gasteiger partial charge is 0.0991 e. The van der Waals surface area contributed by atoms with Crippen LogP contribution in [0.3, 0.4) is 0 Å². The minimum absolute atomic E-state index is 0.928. The number of benzene rings is 2. The fourth-order valence-corrected chi connectivity index (χ4v) is 2.38. The Morgan fingerprint density at radius 1 is 0.800 bits per heavy atom. The quantitative estimate of drug-likeness (QED) is 0.468. The molecule has 0 amide bonds. The van der Waals surface area contributed by atoms with Gasteiger partial charge < -0.3 is 0 Å². The molecular weight excluding hydrogens is 300 g/mol. The van der Waals surface area contributed by atoms with Crippen LogP contribution in [0.2, 0.25) is 0 Å². The smallest absolute Gasteiger partial charge is 0.00943 e. The van der Waals surface area contributed by atoms with Crippen LogP contribution in [0.1, 0.15) is 16.7 Å². The van der Waals surface area contributed by atoms with E-state index in [2.05, 4.69) is 67.8 Å². The monoisotopic (exact) mass is 324 g/mol. The first-order valence-corrected chi connectivity index (χ1v) is 8.43. The van der Waals surface area contributed by atoms with Gasteiger partial charge in [-0.25, -0.2) is 0 Å². The van der Waals surface area contributed by atoms with Crippen LogP contribution in [-0.4, -0.2) is 0 Å². The normalized spacial score (nSPS) is 12.2. The first kappa shape index (κ1) is 18.2. The number of allylic oxidation sites excluding steroid dienone is 9. The number of hydrogen-bond donors (Lipinski definition) is 0. The zero-order valence-electron chi connectivity index (χ0n) is 14.5. The Balaban J connectivity index is 2.04. The highest BCUT2D eigenvalue weighted by molar-refractivity contribution is 5.79. The van der Waals surface area contributed by atoms with E-state index in [1.807, 2.05) is 48.6 Å². The summed E-state index contributed by atoms with van der Waals surface area (Å²) in [5.41, 5.74) is 4.82. The number of hydrogen-bond acceptors (Lipinski definition) is 0. The SMILES string of the molecule is C=C/C=C\C=C/Cc1ccc(/C=C\C(=C/C=C)c2ccccc2)cc1. The lowest BCUT2D eigenvalue weighted by Crippen LogP contribution is -1.82. The van der Waals surface area contributed by atoms with Crippen LogP contribution < -0.4 is 0 Å². The second kappa shape index (κ2) is 10.6. The average Bonchev–Trinajstić information content (AvgIpc) is 2.66. The zero-order chi connectivity index (χ0) is 17.7. The van der Waals surface area contributed by atoms with Crippen molar-refractivity contribution < 1.29 is 0 Å². The molecular formula is C25H24. The maximum atomic E-state index is 3.81. The summed E-state index contributed by atoms with van der Waals surface area (Å²) < 4.78 is 0. The van der Waals surface area contributed by atoms with Crippen LogP contribution in [0.5, 0.6) is 0 Å². The van der Waals surface area contributed by atoms with Crippen LogP contribution in [0, 0.1) is 0 Å². The third-order valence-electron chi connectivity index (χ3n) is 3.69. The molecule has 0 aliphatic carbocycles. The average molecular weight is 324 g/mol. The maximum Gasteiger partial charge on any atom is -0.00943 e. The molecule has 0 radical (unpaired) electrons. The molecule has 0 aliphatic rings. The van der Waals surface area contributed by atoms with Gasteiger partial charge in [-0.05, 0) is 28.7 Å². The molecule has 0 aromatic heterocycles. The summed E-state index contributed by atoms with van der Waals surface area (Å²) in [5.74, 6) is 0. The summed E-state index contributed by atoms with van der Waals surface area (Å²) in [4.78, 5) is 0. The topological polar surface area (TPSA) is 0 Å². The Morgan fingerprint density at radius 3 is 2.24 bits per heavy atom. The van der Waals surface area contributed by atoms with E-state index in [4.69, 9.17) is 0 Å². The van der Waals surface area contributed by atoms with Crippen LogP contribution in [0.15, 0.2) is 116 Å². The lowest BCUT2D eigenvalue weighted by atomic mass is 10.0. The molecule has 0 nitrogen and oxygen atoms in total. The van der Waals surface area contributed by atoms with Gasteiger partial charge >= 0.3 is 0 Å². The molecule has 0 aliphatic heterocycles. The van der Waals surface area contributed by atoms with E-state index < -0.39 is 0 Å². The highest BCUT2D eigenvalue weighted by atomic mass is 14.0. The molecule has 0 N–H and O–H groups in total. The Kier molecular flexibility index (Phi) is 7.74. The standard InChI is InChI=1S/C25H24/c1-3-5-6-7-9-13-22-16-18-23(19-17-22)20-21-24(12-4-2)25-14-10-8-11-15-25/h3-12,14-21H,1-2,13H2/b6-5-,9-7-,21-20-,24-12+. The Hall–Kier alpha value is -3.12. The molecule has 0 fully saturated rings. The van der Waals surface area contributed by atoms with E-state index in [1.54, 1.807) is 6.08 Å². The maximum absolute atomic E-state index is 3.81. The second-order valence-corrected chi connectivity index (χ2v) is 5.55. The van der Waals surface area contributed by atoms with Gasteiger partial charge in [-0.1, -0.05) is 122 Å². The lowest BCUT2D eigenvalue weighted by Gasteiger charge is -2.02. The third kappa shape index (κ3) is 6.48. The predicted octanol–water partition coefficient (Wildman–Crippen LogP) is 6.81. The lowest BCUT2D eigenvalue weighted by molar-refractivity contribution is 1.27. The van der Waals surface area contributed by atoms with E-state index in [0.29, 0.717) is 0 Å². The van der Waals surface area contributed by atoms with Crippen molar-refractivity contribution in [2.75, 3.05) is 0 Å². The van der Waals surface area contributed by atoms with Crippen molar-refractivity contribution in [1.82, 2.24) is 0 Å². The molecule has 2 aromatic rings. The number of rotatable bonds is 8. The molecule has 25 heavy (non-hydrogen) atoms. The Bertz CT molecular complexity index is 782. The molecule has 0 bridgehead atoms. The minimum Gasteiger partial charge on any atom is -0.0991 e. The summed E-state index contributed by atoms with van der Waals surface area (Å²) in [6.45, 7) is 7.46. The van der Waals surface area contributed by atoms with Gasteiger partial charge in [-0.2, -0.15) is 0 Å². The van der Waals surface area contributed by atoms with Crippen molar-refractivity contribution in [2.45, 2.75) is 6.42 Å². The molecule has 0 saturated carbocycles. The van der Waals surface area contributed by atoms with Crippen LogP contribution in [-0.2, 0) is 6.42 Å². The highest BCUT2D eigenvalue weighted by Gasteiger charge is 1.96. The predicted molar refractivity (Wildman–Crippen MR) is 112 cm³/mol. The van der Waals surface area contributed by atoms with E-state index in [-0.39, 0.29) is 0 Å². The first-order valence-electron chi connectivity index (χ1n) is 8.43. The summed E-state index contributed by atoms with van der Waals surface area (Å²) >= 11 is 0. The molecule has 0 spiro atoms. The first-order chi connectivity index (χ1) is 12.3. The second-order valence-electron chi connectivity index (χ2n) is 5.55. The van der Waals surface area contributed by atoms with E-state index in [0.717, 1.165) is 12.0 Å². The van der Waals surface area contributed by atoms with Gasteiger partial charge in [0.15, 0.2) is 0 Å². The molecule has 0 heterocycles. The van der Waals surface area contributed by atoms with Crippen molar-refractivity contribution >= 4 is 11.6 Å². The fourth-order valence-electron chi connectivity index (χ4n) is 2.38. The summed E-state index contributed by atoms with van der Waals surface area (Å²) in [5, 5.41) is 0. The van der Waals surface area contributed by atoms with Gasteiger partial charge in [0, 0.05) is 0 Å². The van der Waals surface area contributed by atoms with Gasteiger partial charge in [-0.15, -0.1) is 0 Å². The van der Waals surface area contributed by atoms with E-state index >= 15 is 0 Å². The summed E-state index contributed by atoms with van der Waals surface area (Å²) in [6.07, 6.45) is 18.9. The van der Waals surface area contributed by atoms with E-state index in [9.17, 15) is 0 Å². The van der Waals surface area contributed by atoms with E-state index in [1.165, 1.54) is 16.7 Å². The molecule has 0 saturated heterocycles. The molecule has 2 rings (SSSR count). The van der Waals surface area contributed by atoms with Crippen molar-refractivity contribution in [3.63, 3.8) is 0 Å². The van der Waals surface area contributed by atoms with Crippen molar-refractivity contribution in [1.29, 1.82) is 0 Å². The summed E-state index contributed by atoms with van der Waals surface area (Å²) in [7, 11) is 0. The Morgan fingerprint density at radius 2 is 1.56 bits per heavy atom. The molecule has 124 valence electrons. The van der Waals surface area contributed by atoms with Crippen molar-refractivity contribution in [2.24, 2.45) is 0 Å². The molecule has 2 aromatic carbocycles. The molecule has 0 unspecified atom stereocenters. The minimum atomic E-state index is 0.928. The van der Waals surface area contributed by atoms with Crippen molar-refractivity contribution in [3.8, 4) is 0 Å². The van der Waals surface area contributed by atoms with Crippen LogP contribution in [0.4, 0.5) is 0 Å². The Labute approximate surface area is 151 Å². The van der Waals surface area contributed by atoms with Crippen LogP contribution in [0.25, 0.3) is 11.6 Å². The third-order valence-corrected chi connectivity index (χ3v) is 3.69. The molecule has 0 atom stereocenters. The highest BCUT2D eigenvalue weighted by Crippen LogP contribution is 2.17. The van der Waals surface area contributed by atoms with Gasteiger partial charge in [0.1, 0.15) is 0 Å². The summed E-state index contributed by atoms with van der Waals surface area (Å²) in [6, 6.07) is 19.0. The van der Waals surface area contributed by atoms with Gasteiger partial charge in [0.05, 0.1) is 0 Å². The van der Waals surface area contributed by atoms with Crippen molar-refractivity contribution in [3.05, 3.63) is 133 Å². The molecule has 0 heteroatoms. The fraction of sp³-hybridized carbons (Fsp3) is 0.0400. The van der Waals surface area contributed by atoms with Gasteiger partial charge in [0.2, 0.25) is 0 Å². The van der Waals surface area contributed by atoms with Gasteiger partial charge in [0.25, 0.3) is 0 Å². The van der Waals surface area contributed by atoms with Gasteiger partial charge in [-0.3, -0.25) is 0 Å². The zero-order valence-corrected chi connectivity index (χ0v) is 14.5. The van der Waals surface area contributed by atoms with Crippen LogP contribution >= 0.6 is 0 Å².